The second-order valence-electron chi connectivity index (χ2n) is 5.80. The van der Waals surface area contributed by atoms with Gasteiger partial charge in [0.15, 0.2) is 0 Å². The summed E-state index contributed by atoms with van der Waals surface area (Å²) in [5, 5.41) is 3.39. The van der Waals surface area contributed by atoms with Crippen LogP contribution in [0.25, 0.3) is 21.3 Å². The third kappa shape index (κ3) is 2.46. The van der Waals surface area contributed by atoms with Crippen LogP contribution in [0.4, 0.5) is 0 Å². The first-order chi connectivity index (χ1) is 10.4. The average molecular weight is 294 g/mol. The van der Waals surface area contributed by atoms with Crippen molar-refractivity contribution in [3.05, 3.63) is 47.7 Å². The molecule has 3 heteroatoms. The Kier molecular flexibility index (Phi) is 3.44. The monoisotopic (exact) mass is 294 g/mol. The highest BCUT2D eigenvalue weighted by Crippen LogP contribution is 2.35. The number of thiophene rings is 1. The topological polar surface area (TPSA) is 25.8 Å². The quantitative estimate of drug-likeness (QED) is 0.632. The fourth-order valence-corrected chi connectivity index (χ4v) is 4.16. The Bertz CT molecular complexity index is 742. The highest BCUT2D eigenvalue weighted by Gasteiger charge is 2.19. The predicted molar refractivity (Wildman–Crippen MR) is 88.7 cm³/mol. The first-order valence-electron chi connectivity index (χ1n) is 7.71. The molecule has 0 bridgehead atoms. The SMILES string of the molecule is c1ccc(-c2csc3nc(C4CCCCC4)ncc23)cc1. The summed E-state index contributed by atoms with van der Waals surface area (Å²) in [7, 11) is 0. The van der Waals surface area contributed by atoms with Crippen molar-refractivity contribution in [1.82, 2.24) is 9.97 Å². The van der Waals surface area contributed by atoms with Gasteiger partial charge in [0.2, 0.25) is 0 Å². The fourth-order valence-electron chi connectivity index (χ4n) is 3.23. The van der Waals surface area contributed by atoms with Gasteiger partial charge in [-0.25, -0.2) is 9.97 Å². The van der Waals surface area contributed by atoms with E-state index >= 15 is 0 Å². The Balaban J connectivity index is 1.74. The maximum Gasteiger partial charge on any atom is 0.133 e. The predicted octanol–water partition coefficient (Wildman–Crippen LogP) is 5.41. The molecule has 2 aromatic heterocycles. The van der Waals surface area contributed by atoms with Gasteiger partial charge >= 0.3 is 0 Å². The van der Waals surface area contributed by atoms with Crippen molar-refractivity contribution in [3.63, 3.8) is 0 Å². The van der Waals surface area contributed by atoms with E-state index in [2.05, 4.69) is 40.7 Å². The van der Waals surface area contributed by atoms with Crippen LogP contribution in [0, 0.1) is 0 Å². The van der Waals surface area contributed by atoms with Gasteiger partial charge in [0, 0.05) is 28.4 Å². The largest absolute Gasteiger partial charge is 0.240 e. The molecule has 0 atom stereocenters. The van der Waals surface area contributed by atoms with Crippen LogP contribution in [0.3, 0.4) is 0 Å². The van der Waals surface area contributed by atoms with Crippen molar-refractivity contribution in [2.24, 2.45) is 0 Å². The van der Waals surface area contributed by atoms with Gasteiger partial charge in [-0.3, -0.25) is 0 Å². The number of hydrogen-bond donors (Lipinski definition) is 0. The van der Waals surface area contributed by atoms with Crippen LogP contribution in [-0.2, 0) is 0 Å². The van der Waals surface area contributed by atoms with Gasteiger partial charge in [-0.05, 0) is 18.4 Å². The summed E-state index contributed by atoms with van der Waals surface area (Å²) in [6, 6.07) is 10.5. The third-order valence-corrected chi connectivity index (χ3v) is 5.29. The minimum Gasteiger partial charge on any atom is -0.240 e. The number of nitrogens with zero attached hydrogens (tertiary/aromatic N) is 2. The van der Waals surface area contributed by atoms with Gasteiger partial charge in [0.05, 0.1) is 0 Å². The summed E-state index contributed by atoms with van der Waals surface area (Å²) < 4.78 is 0. The van der Waals surface area contributed by atoms with Gasteiger partial charge < -0.3 is 0 Å². The van der Waals surface area contributed by atoms with Gasteiger partial charge in [0.25, 0.3) is 0 Å². The number of benzene rings is 1. The fraction of sp³-hybridized carbons (Fsp3) is 0.333. The van der Waals surface area contributed by atoms with E-state index < -0.39 is 0 Å². The molecule has 0 radical (unpaired) electrons. The number of fused-ring (bicyclic) bond motifs is 1. The van der Waals surface area contributed by atoms with Crippen molar-refractivity contribution < 1.29 is 0 Å². The normalized spacial score (nSPS) is 16.4. The molecule has 0 unspecified atom stereocenters. The molecule has 3 aromatic rings. The van der Waals surface area contributed by atoms with Gasteiger partial charge in [0.1, 0.15) is 10.7 Å². The van der Waals surface area contributed by atoms with Crippen molar-refractivity contribution in [3.8, 4) is 11.1 Å². The van der Waals surface area contributed by atoms with Crippen molar-refractivity contribution in [2.45, 2.75) is 38.0 Å². The van der Waals surface area contributed by atoms with E-state index in [1.165, 1.54) is 48.6 Å². The number of rotatable bonds is 2. The third-order valence-electron chi connectivity index (χ3n) is 4.41. The Hall–Kier alpha value is -1.74. The molecule has 1 aliphatic carbocycles. The molecule has 1 saturated carbocycles. The molecular weight excluding hydrogens is 276 g/mol. The minimum atomic E-state index is 0.574. The molecule has 4 rings (SSSR count). The first kappa shape index (κ1) is 13.0. The highest BCUT2D eigenvalue weighted by molar-refractivity contribution is 7.17. The zero-order chi connectivity index (χ0) is 14.1. The molecule has 2 heterocycles. The Labute approximate surface area is 128 Å². The van der Waals surface area contributed by atoms with Gasteiger partial charge in [-0.2, -0.15) is 0 Å². The molecule has 0 N–H and O–H groups in total. The van der Waals surface area contributed by atoms with Gasteiger partial charge in [-0.15, -0.1) is 11.3 Å². The standard InChI is InChI=1S/C18H18N2S/c1-3-7-13(8-4-1)16-12-21-18-15(16)11-19-17(20-18)14-9-5-2-6-10-14/h1,3-4,7-8,11-12,14H,2,5-6,9-10H2. The van der Waals surface area contributed by atoms with E-state index in [0.29, 0.717) is 5.92 Å². The molecule has 106 valence electrons. The molecule has 2 nitrogen and oxygen atoms in total. The van der Waals surface area contributed by atoms with Crippen LogP contribution in [-0.4, -0.2) is 9.97 Å². The second kappa shape index (κ2) is 5.57. The van der Waals surface area contributed by atoms with E-state index in [1.54, 1.807) is 11.3 Å². The minimum absolute atomic E-state index is 0.574. The lowest BCUT2D eigenvalue weighted by molar-refractivity contribution is 0.429. The molecule has 1 aliphatic rings. The lowest BCUT2D eigenvalue weighted by atomic mass is 9.89. The van der Waals surface area contributed by atoms with E-state index in [9.17, 15) is 0 Å². The molecule has 0 amide bonds. The maximum atomic E-state index is 4.85. The molecular formula is C18H18N2S. The lowest BCUT2D eigenvalue weighted by Gasteiger charge is -2.19. The Morgan fingerprint density at radius 3 is 2.62 bits per heavy atom. The Morgan fingerprint density at radius 1 is 1.00 bits per heavy atom. The molecule has 0 saturated heterocycles. The first-order valence-corrected chi connectivity index (χ1v) is 8.59. The van der Waals surface area contributed by atoms with Crippen LogP contribution < -0.4 is 0 Å². The van der Waals surface area contributed by atoms with Crippen LogP contribution in [0.15, 0.2) is 41.9 Å². The van der Waals surface area contributed by atoms with E-state index in [0.717, 1.165) is 10.7 Å². The summed E-state index contributed by atoms with van der Waals surface area (Å²) in [6.07, 6.45) is 8.56. The average Bonchev–Trinajstić information content (AvgIpc) is 2.99. The summed E-state index contributed by atoms with van der Waals surface area (Å²) in [5.74, 6) is 1.63. The number of aromatic nitrogens is 2. The molecule has 0 spiro atoms. The highest BCUT2D eigenvalue weighted by atomic mass is 32.1. The Morgan fingerprint density at radius 2 is 1.81 bits per heavy atom. The van der Waals surface area contributed by atoms with Crippen LogP contribution >= 0.6 is 11.3 Å². The molecule has 1 fully saturated rings. The van der Waals surface area contributed by atoms with E-state index in [4.69, 9.17) is 4.98 Å². The summed E-state index contributed by atoms with van der Waals surface area (Å²) in [6.45, 7) is 0. The second-order valence-corrected chi connectivity index (χ2v) is 6.66. The summed E-state index contributed by atoms with van der Waals surface area (Å²) in [4.78, 5) is 10.7. The smallest absolute Gasteiger partial charge is 0.133 e. The summed E-state index contributed by atoms with van der Waals surface area (Å²) in [5.41, 5.74) is 2.50. The zero-order valence-corrected chi connectivity index (χ0v) is 12.8. The van der Waals surface area contributed by atoms with Crippen molar-refractivity contribution in [2.75, 3.05) is 0 Å². The number of hydrogen-bond acceptors (Lipinski definition) is 3. The van der Waals surface area contributed by atoms with E-state index in [-0.39, 0.29) is 0 Å². The zero-order valence-electron chi connectivity index (χ0n) is 12.0. The lowest BCUT2D eigenvalue weighted by Crippen LogP contribution is -2.08. The molecule has 21 heavy (non-hydrogen) atoms. The molecule has 1 aromatic carbocycles. The van der Waals surface area contributed by atoms with Crippen LogP contribution in [0.1, 0.15) is 43.8 Å². The summed E-state index contributed by atoms with van der Waals surface area (Å²) >= 11 is 1.74. The van der Waals surface area contributed by atoms with E-state index in [1.807, 2.05) is 6.20 Å². The van der Waals surface area contributed by atoms with Crippen molar-refractivity contribution in [1.29, 1.82) is 0 Å². The van der Waals surface area contributed by atoms with Crippen molar-refractivity contribution >= 4 is 21.6 Å². The maximum absolute atomic E-state index is 4.85. The van der Waals surface area contributed by atoms with Crippen LogP contribution in [0.5, 0.6) is 0 Å². The van der Waals surface area contributed by atoms with Gasteiger partial charge in [-0.1, -0.05) is 49.6 Å². The molecule has 0 aliphatic heterocycles. The van der Waals surface area contributed by atoms with Crippen LogP contribution in [0.2, 0.25) is 0 Å².